The standard InChI is InChI=1S/C22H31N6O4/c1-4-5-6-9-28-17(23-19-18(28)21(30)25(3)22(31)24(19)2)15-26-10-12-27(13-11-26)20(29)16-8-7-14-32-16/h7-8,14,18H,4-6,9-13,15H2,1-3H3/q+1. The molecule has 3 aliphatic heterocycles. The minimum absolute atomic E-state index is 0.0932. The van der Waals surface area contributed by atoms with Gasteiger partial charge in [0.05, 0.1) is 12.8 Å². The molecular weight excluding hydrogens is 412 g/mol. The van der Waals surface area contributed by atoms with Crippen LogP contribution >= 0.6 is 0 Å². The lowest BCUT2D eigenvalue weighted by Crippen LogP contribution is -2.61. The number of piperazine rings is 1. The van der Waals surface area contributed by atoms with Crippen molar-refractivity contribution in [2.24, 2.45) is 4.99 Å². The van der Waals surface area contributed by atoms with E-state index in [0.717, 1.165) is 31.6 Å². The van der Waals surface area contributed by atoms with Gasteiger partial charge in [-0.05, 0) is 30.0 Å². The Hall–Kier alpha value is -3.01. The topological polar surface area (TPSA) is 92.7 Å². The summed E-state index contributed by atoms with van der Waals surface area (Å²) < 4.78 is 7.30. The van der Waals surface area contributed by atoms with Crippen LogP contribution in [0.2, 0.25) is 0 Å². The first kappa shape index (κ1) is 22.2. The summed E-state index contributed by atoms with van der Waals surface area (Å²) in [5.41, 5.74) is 0. The lowest BCUT2D eigenvalue weighted by molar-refractivity contribution is -0.537. The van der Waals surface area contributed by atoms with Crippen LogP contribution in [0, 0.1) is 0 Å². The molecule has 4 rings (SSSR count). The number of fused-ring (bicyclic) bond motifs is 1. The van der Waals surface area contributed by atoms with Crippen LogP contribution in [0.1, 0.15) is 36.7 Å². The van der Waals surface area contributed by atoms with Gasteiger partial charge < -0.3 is 9.32 Å². The Labute approximate surface area is 187 Å². The molecule has 2 fully saturated rings. The van der Waals surface area contributed by atoms with E-state index < -0.39 is 6.04 Å². The van der Waals surface area contributed by atoms with Gasteiger partial charge in [-0.1, -0.05) is 13.3 Å². The first-order valence-corrected chi connectivity index (χ1v) is 11.2. The number of carbonyl (C=O) groups is 3. The summed E-state index contributed by atoms with van der Waals surface area (Å²) in [5, 5.41) is 0. The third-order valence-corrected chi connectivity index (χ3v) is 6.37. The largest absolute Gasteiger partial charge is 0.459 e. The van der Waals surface area contributed by atoms with Crippen molar-refractivity contribution in [1.29, 1.82) is 0 Å². The number of furan rings is 1. The van der Waals surface area contributed by atoms with Gasteiger partial charge in [-0.15, -0.1) is 0 Å². The van der Waals surface area contributed by atoms with E-state index in [-0.39, 0.29) is 17.8 Å². The number of nitrogens with zero attached hydrogens (tertiary/aromatic N) is 6. The van der Waals surface area contributed by atoms with Gasteiger partial charge in [0, 0.05) is 40.3 Å². The van der Waals surface area contributed by atoms with Crippen LogP contribution in [0.15, 0.2) is 27.8 Å². The Morgan fingerprint density at radius 2 is 1.91 bits per heavy atom. The normalized spacial score (nSPS) is 22.0. The van der Waals surface area contributed by atoms with Crippen LogP contribution in [-0.2, 0) is 4.79 Å². The molecule has 4 amide bonds. The fraction of sp³-hybridized carbons (Fsp3) is 0.591. The summed E-state index contributed by atoms with van der Waals surface area (Å²) in [7, 11) is 3.19. The van der Waals surface area contributed by atoms with Crippen molar-refractivity contribution >= 4 is 29.5 Å². The quantitative estimate of drug-likeness (QED) is 0.462. The molecule has 10 nitrogen and oxygen atoms in total. The number of amides is 4. The number of carbonyl (C=O) groups excluding carboxylic acids is 3. The van der Waals surface area contributed by atoms with Crippen molar-refractivity contribution in [3.63, 3.8) is 0 Å². The first-order valence-electron chi connectivity index (χ1n) is 11.2. The average molecular weight is 444 g/mol. The van der Waals surface area contributed by atoms with Crippen molar-refractivity contribution < 1.29 is 23.4 Å². The average Bonchev–Trinajstić information content (AvgIpc) is 3.45. The molecule has 0 radical (unpaired) electrons. The summed E-state index contributed by atoms with van der Waals surface area (Å²) in [4.78, 5) is 49.3. The molecule has 1 atom stereocenters. The van der Waals surface area contributed by atoms with E-state index in [1.54, 1.807) is 24.1 Å². The molecule has 0 saturated carbocycles. The maximum absolute atomic E-state index is 13.0. The first-order chi connectivity index (χ1) is 15.4. The predicted molar refractivity (Wildman–Crippen MR) is 118 cm³/mol. The molecule has 4 heterocycles. The lowest BCUT2D eigenvalue weighted by atomic mass is 10.1. The molecule has 172 valence electrons. The number of aliphatic imine (C=N–C) groups is 1. The van der Waals surface area contributed by atoms with E-state index in [4.69, 9.17) is 9.41 Å². The van der Waals surface area contributed by atoms with Gasteiger partial charge in [-0.3, -0.25) is 24.3 Å². The molecule has 0 spiro atoms. The molecule has 0 bridgehead atoms. The molecule has 32 heavy (non-hydrogen) atoms. The molecule has 10 heteroatoms. The molecule has 1 aromatic rings. The zero-order chi connectivity index (χ0) is 22.8. The van der Waals surface area contributed by atoms with E-state index in [1.165, 1.54) is 23.1 Å². The Morgan fingerprint density at radius 1 is 1.16 bits per heavy atom. The highest BCUT2D eigenvalue weighted by molar-refractivity contribution is 6.23. The Morgan fingerprint density at radius 3 is 2.56 bits per heavy atom. The lowest BCUT2D eigenvalue weighted by Gasteiger charge is -2.33. The fourth-order valence-corrected chi connectivity index (χ4v) is 4.43. The third kappa shape index (κ3) is 4.06. The van der Waals surface area contributed by atoms with Gasteiger partial charge >= 0.3 is 11.9 Å². The Balaban J connectivity index is 1.48. The summed E-state index contributed by atoms with van der Waals surface area (Å²) in [6.45, 7) is 6.05. The molecule has 3 aliphatic rings. The van der Waals surface area contributed by atoms with E-state index in [1.807, 2.05) is 0 Å². The number of unbranched alkanes of at least 4 members (excludes halogenated alkanes) is 2. The summed E-state index contributed by atoms with van der Waals surface area (Å²) in [6.07, 6.45) is 4.61. The van der Waals surface area contributed by atoms with Gasteiger partial charge in [0.1, 0.15) is 6.54 Å². The summed E-state index contributed by atoms with van der Waals surface area (Å²) >= 11 is 0. The van der Waals surface area contributed by atoms with Gasteiger partial charge in [0.15, 0.2) is 5.76 Å². The second kappa shape index (κ2) is 9.23. The van der Waals surface area contributed by atoms with E-state index in [9.17, 15) is 14.4 Å². The van der Waals surface area contributed by atoms with Crippen molar-refractivity contribution in [2.45, 2.75) is 32.2 Å². The van der Waals surface area contributed by atoms with Crippen molar-refractivity contribution in [3.05, 3.63) is 24.2 Å². The third-order valence-electron chi connectivity index (χ3n) is 6.37. The summed E-state index contributed by atoms with van der Waals surface area (Å²) in [6, 6.07) is 2.49. The smallest absolute Gasteiger partial charge is 0.333 e. The Kier molecular flexibility index (Phi) is 6.40. The van der Waals surface area contributed by atoms with Crippen LogP contribution in [0.3, 0.4) is 0 Å². The number of imide groups is 1. The number of hydrogen-bond acceptors (Lipinski definition) is 6. The number of likely N-dealkylation sites (N-methyl/N-ethyl adjacent to an activating group) is 2. The zero-order valence-electron chi connectivity index (χ0n) is 19.0. The van der Waals surface area contributed by atoms with Crippen LogP contribution < -0.4 is 0 Å². The molecule has 0 N–H and O–H groups in total. The molecule has 0 aromatic carbocycles. The van der Waals surface area contributed by atoms with Crippen LogP contribution in [0.5, 0.6) is 0 Å². The van der Waals surface area contributed by atoms with Crippen LogP contribution in [0.25, 0.3) is 0 Å². The monoisotopic (exact) mass is 443 g/mol. The minimum atomic E-state index is -0.545. The zero-order valence-corrected chi connectivity index (χ0v) is 19.0. The van der Waals surface area contributed by atoms with Crippen molar-refractivity contribution in [3.8, 4) is 0 Å². The van der Waals surface area contributed by atoms with Crippen LogP contribution in [0.4, 0.5) is 4.79 Å². The van der Waals surface area contributed by atoms with Gasteiger partial charge in [-0.2, -0.15) is 0 Å². The molecule has 0 aliphatic carbocycles. The second-order valence-corrected chi connectivity index (χ2v) is 8.47. The van der Waals surface area contributed by atoms with Crippen molar-refractivity contribution in [1.82, 2.24) is 19.6 Å². The van der Waals surface area contributed by atoms with Crippen LogP contribution in [-0.4, -0.2) is 113 Å². The molecular formula is C22H31N6O4+. The maximum Gasteiger partial charge on any atom is 0.333 e. The number of urea groups is 1. The van der Waals surface area contributed by atoms with Gasteiger partial charge in [-0.25, -0.2) is 9.37 Å². The van der Waals surface area contributed by atoms with Crippen molar-refractivity contribution in [2.75, 3.05) is 53.4 Å². The van der Waals surface area contributed by atoms with Gasteiger partial charge in [0.25, 0.3) is 23.7 Å². The molecule has 1 aromatic heterocycles. The highest BCUT2D eigenvalue weighted by atomic mass is 16.3. The minimum Gasteiger partial charge on any atom is -0.459 e. The van der Waals surface area contributed by atoms with Gasteiger partial charge in [0.2, 0.25) is 0 Å². The van der Waals surface area contributed by atoms with E-state index >= 15 is 0 Å². The number of rotatable bonds is 7. The number of amidine groups is 2. The highest BCUT2D eigenvalue weighted by Gasteiger charge is 2.52. The molecule has 1 unspecified atom stereocenters. The predicted octanol–water partition coefficient (Wildman–Crippen LogP) is 0.943. The second-order valence-electron chi connectivity index (χ2n) is 8.47. The van der Waals surface area contributed by atoms with E-state index in [2.05, 4.69) is 16.4 Å². The SMILES string of the molecule is CCCCC[N+]1=C(CN2CCN(C(=O)c3ccco3)CC2)N=C2C1C(=O)N(C)C(=O)N2C. The Bertz CT molecular complexity index is 946. The maximum atomic E-state index is 13.0. The number of hydrogen-bond donors (Lipinski definition) is 0. The van der Waals surface area contributed by atoms with E-state index in [0.29, 0.717) is 44.3 Å². The molecule has 2 saturated heterocycles. The fourth-order valence-electron chi connectivity index (χ4n) is 4.43. The summed E-state index contributed by atoms with van der Waals surface area (Å²) in [5.74, 6) is 1.36. The highest BCUT2D eigenvalue weighted by Crippen LogP contribution is 2.20.